The molecule has 0 radical (unpaired) electrons. The van der Waals surface area contributed by atoms with Gasteiger partial charge in [-0.3, -0.25) is 9.89 Å². The Balaban J connectivity index is 1.26. The number of amides is 1. The first-order valence-corrected chi connectivity index (χ1v) is 13.9. The summed E-state index contributed by atoms with van der Waals surface area (Å²) in [5.41, 5.74) is 5.25. The second-order valence-electron chi connectivity index (χ2n) is 11.0. The molecule has 3 unspecified atom stereocenters. The Kier molecular flexibility index (Phi) is 7.06. The van der Waals surface area contributed by atoms with Crippen LogP contribution in [0.4, 0.5) is 5.69 Å². The molecule has 2 aliphatic rings. The predicted molar refractivity (Wildman–Crippen MR) is 154 cm³/mol. The zero-order valence-corrected chi connectivity index (χ0v) is 22.9. The number of benzene rings is 3. The van der Waals surface area contributed by atoms with Gasteiger partial charge in [-0.2, -0.15) is 5.10 Å². The molecular weight excluding hydrogens is 512 g/mol. The Bertz CT molecular complexity index is 1470. The van der Waals surface area contributed by atoms with E-state index < -0.39 is 0 Å². The van der Waals surface area contributed by atoms with Crippen molar-refractivity contribution in [2.24, 2.45) is 5.92 Å². The topological polar surface area (TPSA) is 90.5 Å². The molecule has 1 amide bonds. The summed E-state index contributed by atoms with van der Waals surface area (Å²) in [6.07, 6.45) is 1.18. The van der Waals surface area contributed by atoms with Crippen LogP contribution in [0.15, 0.2) is 66.7 Å². The molecule has 2 saturated heterocycles. The highest BCUT2D eigenvalue weighted by molar-refractivity contribution is 6.31. The number of aromatic amines is 1. The van der Waals surface area contributed by atoms with Crippen molar-refractivity contribution in [2.45, 2.75) is 50.9 Å². The van der Waals surface area contributed by atoms with Gasteiger partial charge in [-0.15, -0.1) is 0 Å². The smallest absolute Gasteiger partial charge is 0.251 e. The summed E-state index contributed by atoms with van der Waals surface area (Å²) in [5, 5.41) is 22.6. The number of nitrogens with zero attached hydrogens (tertiary/aromatic N) is 2. The van der Waals surface area contributed by atoms with Gasteiger partial charge in [0.1, 0.15) is 0 Å². The fourth-order valence-electron chi connectivity index (χ4n) is 6.03. The predicted octanol–water partition coefficient (Wildman–Crippen LogP) is 5.74. The van der Waals surface area contributed by atoms with E-state index in [9.17, 15) is 9.90 Å². The molecule has 0 spiro atoms. The van der Waals surface area contributed by atoms with Crippen LogP contribution in [0.5, 0.6) is 0 Å². The van der Waals surface area contributed by atoms with Crippen molar-refractivity contribution in [2.75, 3.05) is 18.1 Å². The highest BCUT2D eigenvalue weighted by Gasteiger charge is 2.38. The van der Waals surface area contributed by atoms with Crippen molar-refractivity contribution in [1.82, 2.24) is 15.5 Å². The summed E-state index contributed by atoms with van der Waals surface area (Å²) >= 11 is 6.46. The van der Waals surface area contributed by atoms with Gasteiger partial charge in [0.2, 0.25) is 0 Å². The van der Waals surface area contributed by atoms with E-state index in [1.807, 2.05) is 42.5 Å². The summed E-state index contributed by atoms with van der Waals surface area (Å²) in [4.78, 5) is 15.8. The molecule has 6 rings (SSSR count). The number of fused-ring (bicyclic) bond motifs is 3. The van der Waals surface area contributed by atoms with E-state index in [1.165, 1.54) is 0 Å². The zero-order chi connectivity index (χ0) is 27.1. The maximum absolute atomic E-state index is 13.4. The van der Waals surface area contributed by atoms with Gasteiger partial charge in [0.25, 0.3) is 5.91 Å². The Hall–Kier alpha value is -3.39. The van der Waals surface area contributed by atoms with Gasteiger partial charge in [-0.25, -0.2) is 0 Å². The van der Waals surface area contributed by atoms with Crippen molar-refractivity contribution in [3.05, 3.63) is 82.9 Å². The molecule has 3 atom stereocenters. The number of aliphatic hydroxyl groups is 1. The number of aliphatic hydroxyl groups excluding tert-OH is 1. The summed E-state index contributed by atoms with van der Waals surface area (Å²) in [5.74, 6) is 0.00825. The largest absolute Gasteiger partial charge is 0.393 e. The van der Waals surface area contributed by atoms with Crippen molar-refractivity contribution >= 4 is 34.1 Å². The van der Waals surface area contributed by atoms with E-state index in [1.54, 1.807) is 0 Å². The number of carbonyl (C=O) groups excluding carboxylic acids is 1. The number of halogens is 1. The van der Waals surface area contributed by atoms with E-state index in [0.717, 1.165) is 46.3 Å². The number of nitrogens with one attached hydrogen (secondary N) is 2. The lowest BCUT2D eigenvalue weighted by atomic mass is 9.91. The third-order valence-electron chi connectivity index (χ3n) is 7.95. The molecule has 39 heavy (non-hydrogen) atoms. The first-order chi connectivity index (χ1) is 18.9. The van der Waals surface area contributed by atoms with Gasteiger partial charge in [0, 0.05) is 27.2 Å². The summed E-state index contributed by atoms with van der Waals surface area (Å²) in [6, 6.07) is 21.8. The number of hydrogen-bond acceptors (Lipinski definition) is 5. The summed E-state index contributed by atoms with van der Waals surface area (Å²) < 4.78 is 5.76. The maximum Gasteiger partial charge on any atom is 0.251 e. The van der Waals surface area contributed by atoms with Crippen LogP contribution in [-0.4, -0.2) is 52.6 Å². The number of morpholine rings is 1. The van der Waals surface area contributed by atoms with Crippen LogP contribution in [0.1, 0.15) is 48.7 Å². The molecule has 1 aromatic heterocycles. The van der Waals surface area contributed by atoms with Crippen molar-refractivity contribution in [1.29, 1.82) is 0 Å². The molecule has 2 bridgehead atoms. The van der Waals surface area contributed by atoms with Gasteiger partial charge in [0.15, 0.2) is 0 Å². The fraction of sp³-hybridized carbons (Fsp3) is 0.355. The number of carbonyl (C=O) groups is 1. The summed E-state index contributed by atoms with van der Waals surface area (Å²) in [7, 11) is 0. The minimum Gasteiger partial charge on any atom is -0.393 e. The molecule has 3 N–H and O–H groups in total. The lowest BCUT2D eigenvalue weighted by Gasteiger charge is -2.48. The van der Waals surface area contributed by atoms with Gasteiger partial charge < -0.3 is 20.1 Å². The van der Waals surface area contributed by atoms with Crippen molar-refractivity contribution < 1.29 is 14.6 Å². The number of anilines is 1. The lowest BCUT2D eigenvalue weighted by molar-refractivity contribution is 0.00124. The molecule has 8 heteroatoms. The highest BCUT2D eigenvalue weighted by atomic mass is 35.5. The molecule has 202 valence electrons. The molecule has 2 aliphatic heterocycles. The first kappa shape index (κ1) is 25.9. The molecule has 7 nitrogen and oxygen atoms in total. The van der Waals surface area contributed by atoms with Gasteiger partial charge >= 0.3 is 0 Å². The van der Waals surface area contributed by atoms with Crippen LogP contribution in [-0.2, 0) is 4.74 Å². The molecule has 2 fully saturated rings. The quantitative estimate of drug-likeness (QED) is 0.288. The Morgan fingerprint density at radius 2 is 1.79 bits per heavy atom. The second kappa shape index (κ2) is 10.6. The average Bonchev–Trinajstić information content (AvgIpc) is 3.35. The molecule has 3 heterocycles. The van der Waals surface area contributed by atoms with Crippen molar-refractivity contribution in [3.63, 3.8) is 0 Å². The number of ether oxygens (including phenoxy) is 1. The number of aromatic nitrogens is 2. The van der Waals surface area contributed by atoms with E-state index in [4.69, 9.17) is 16.3 Å². The molecule has 4 aromatic rings. The highest BCUT2D eigenvalue weighted by Crippen LogP contribution is 2.35. The minimum absolute atomic E-state index is 0.154. The minimum atomic E-state index is -0.262. The standard InChI is InChI=1S/C31H33ClN4O3/c1-18(2)29(25-5-3-4-6-27(25)32)33-31(38)20-9-12-28-26(13-20)30(35-34-28)19-7-10-21(11-8-19)36-22-14-24(37)15-23(36)17-39-16-22/h3-13,18,22-24,29,37H,14-17H2,1-2H3,(H,33,38)(H,34,35). The average molecular weight is 545 g/mol. The lowest BCUT2D eigenvalue weighted by Crippen LogP contribution is -2.58. The summed E-state index contributed by atoms with van der Waals surface area (Å²) in [6.45, 7) is 5.42. The third-order valence-corrected chi connectivity index (χ3v) is 8.30. The van der Waals surface area contributed by atoms with Crippen molar-refractivity contribution in [3.8, 4) is 11.3 Å². The van der Waals surface area contributed by atoms with E-state index in [-0.39, 0.29) is 36.1 Å². The van der Waals surface area contributed by atoms with E-state index in [0.29, 0.717) is 23.8 Å². The Morgan fingerprint density at radius 3 is 2.49 bits per heavy atom. The van der Waals surface area contributed by atoms with Crippen LogP contribution >= 0.6 is 11.6 Å². The second-order valence-corrected chi connectivity index (χ2v) is 11.4. The zero-order valence-electron chi connectivity index (χ0n) is 22.1. The monoisotopic (exact) mass is 544 g/mol. The normalized spacial score (nSPS) is 21.8. The van der Waals surface area contributed by atoms with Gasteiger partial charge in [-0.1, -0.05) is 55.8 Å². The molecule has 0 saturated carbocycles. The van der Waals surface area contributed by atoms with Crippen LogP contribution in [0.25, 0.3) is 22.2 Å². The van der Waals surface area contributed by atoms with E-state index in [2.05, 4.69) is 58.5 Å². The van der Waals surface area contributed by atoms with Crippen LogP contribution in [0, 0.1) is 5.92 Å². The molecule has 0 aliphatic carbocycles. The SMILES string of the molecule is CC(C)C(NC(=O)c1ccc2[nH]nc(-c3ccc(N4C5COCC4CC(O)C5)cc3)c2c1)c1ccccc1Cl. The van der Waals surface area contributed by atoms with Gasteiger partial charge in [-0.05, 0) is 60.7 Å². The van der Waals surface area contributed by atoms with Crippen LogP contribution < -0.4 is 10.2 Å². The number of hydrogen-bond donors (Lipinski definition) is 3. The Labute approximate surface area is 233 Å². The first-order valence-electron chi connectivity index (χ1n) is 13.6. The number of rotatable bonds is 6. The van der Waals surface area contributed by atoms with Crippen LogP contribution in [0.3, 0.4) is 0 Å². The van der Waals surface area contributed by atoms with Crippen LogP contribution in [0.2, 0.25) is 5.02 Å². The molecular formula is C31H33ClN4O3. The molecule has 3 aromatic carbocycles. The number of piperidine rings is 1. The maximum atomic E-state index is 13.4. The van der Waals surface area contributed by atoms with Gasteiger partial charge in [0.05, 0.1) is 48.7 Å². The Morgan fingerprint density at radius 1 is 1.08 bits per heavy atom. The fourth-order valence-corrected chi connectivity index (χ4v) is 6.28. The van der Waals surface area contributed by atoms with E-state index >= 15 is 0 Å². The number of H-pyrrole nitrogens is 1. The third kappa shape index (κ3) is 5.02.